The van der Waals surface area contributed by atoms with E-state index in [0.717, 1.165) is 5.57 Å². The highest BCUT2D eigenvalue weighted by molar-refractivity contribution is 5.81. The van der Waals surface area contributed by atoms with Crippen LogP contribution in [0.25, 0.3) is 12.2 Å². The van der Waals surface area contributed by atoms with E-state index in [-0.39, 0.29) is 0 Å². The molecule has 0 bridgehead atoms. The Balaban J connectivity index is 1.88. The van der Waals surface area contributed by atoms with Gasteiger partial charge < -0.3 is 9.84 Å². The van der Waals surface area contributed by atoms with E-state index in [2.05, 4.69) is 99.6 Å². The van der Waals surface area contributed by atoms with Crippen molar-refractivity contribution in [2.45, 2.75) is 152 Å². The highest BCUT2D eigenvalue weighted by Crippen LogP contribution is 2.58. The number of benzene rings is 1. The van der Waals surface area contributed by atoms with Gasteiger partial charge in [0.1, 0.15) is 12.4 Å². The smallest absolute Gasteiger partial charge is 0.328 e. The second-order valence-electron chi connectivity index (χ2n) is 19.2. The Morgan fingerprint density at radius 1 is 0.698 bits per heavy atom. The molecule has 3 fully saturated rings. The SMILES string of the molecule is CC(/C=C/c1c(C2CC(C)CCC2C(C)C)c2c(c(C3CC(C)CCC3C(C)C)c1C1CC(C)CCC1C(C)C)OCC=C2)=C\C=C\C(C)=C\C(=O)O. The van der Waals surface area contributed by atoms with Crippen molar-refractivity contribution >= 4 is 18.1 Å². The molecular weight excluding hydrogens is 649 g/mol. The third-order valence-electron chi connectivity index (χ3n) is 14.0. The van der Waals surface area contributed by atoms with Gasteiger partial charge in [-0.3, -0.25) is 0 Å². The van der Waals surface area contributed by atoms with Crippen molar-refractivity contribution in [2.75, 3.05) is 6.61 Å². The molecule has 5 rings (SSSR count). The molecule has 3 heteroatoms. The largest absolute Gasteiger partial charge is 0.489 e. The van der Waals surface area contributed by atoms with Crippen molar-refractivity contribution < 1.29 is 14.6 Å². The van der Waals surface area contributed by atoms with E-state index in [4.69, 9.17) is 4.74 Å². The van der Waals surface area contributed by atoms with E-state index in [1.807, 2.05) is 19.1 Å². The van der Waals surface area contributed by atoms with Crippen LogP contribution in [-0.2, 0) is 4.79 Å². The number of carbonyl (C=O) groups is 1. The number of hydrogen-bond acceptors (Lipinski definition) is 2. The number of fused-ring (bicyclic) bond motifs is 1. The molecule has 3 nitrogen and oxygen atoms in total. The van der Waals surface area contributed by atoms with Crippen LogP contribution in [0.5, 0.6) is 5.75 Å². The maximum Gasteiger partial charge on any atom is 0.328 e. The number of ether oxygens (including phenoxy) is 1. The first-order chi connectivity index (χ1) is 25.2. The maximum absolute atomic E-state index is 11.2. The number of rotatable bonds is 11. The molecule has 1 aromatic rings. The Labute approximate surface area is 324 Å². The van der Waals surface area contributed by atoms with Crippen LogP contribution < -0.4 is 4.74 Å². The molecule has 0 radical (unpaired) electrons. The molecular formula is C50H74O3. The van der Waals surface area contributed by atoms with Crippen LogP contribution in [0.2, 0.25) is 0 Å². The van der Waals surface area contributed by atoms with Crippen LogP contribution in [0.3, 0.4) is 0 Å². The number of allylic oxidation sites excluding steroid dienone is 6. The lowest BCUT2D eigenvalue weighted by Crippen LogP contribution is -2.33. The zero-order chi connectivity index (χ0) is 38.6. The number of carboxylic acid groups (broad SMARTS) is 1. The summed E-state index contributed by atoms with van der Waals surface area (Å²) in [5, 5.41) is 9.22. The van der Waals surface area contributed by atoms with E-state index in [9.17, 15) is 9.90 Å². The molecule has 0 aromatic heterocycles. The van der Waals surface area contributed by atoms with Crippen LogP contribution in [0, 0.1) is 53.3 Å². The molecule has 292 valence electrons. The van der Waals surface area contributed by atoms with Gasteiger partial charge in [0.2, 0.25) is 0 Å². The lowest BCUT2D eigenvalue weighted by Gasteiger charge is -2.46. The summed E-state index contributed by atoms with van der Waals surface area (Å²) in [7, 11) is 0. The van der Waals surface area contributed by atoms with Crippen molar-refractivity contribution in [3.63, 3.8) is 0 Å². The second-order valence-corrected chi connectivity index (χ2v) is 19.2. The first-order valence-corrected chi connectivity index (χ1v) is 21.6. The van der Waals surface area contributed by atoms with E-state index < -0.39 is 5.97 Å². The summed E-state index contributed by atoms with van der Waals surface area (Å²) in [6.45, 7) is 27.0. The number of carboxylic acids is 1. The van der Waals surface area contributed by atoms with Gasteiger partial charge in [0.25, 0.3) is 0 Å². The molecule has 0 spiro atoms. The van der Waals surface area contributed by atoms with Crippen LogP contribution >= 0.6 is 0 Å². The van der Waals surface area contributed by atoms with Crippen molar-refractivity contribution in [1.29, 1.82) is 0 Å². The maximum atomic E-state index is 11.2. The van der Waals surface area contributed by atoms with Crippen molar-refractivity contribution in [3.05, 3.63) is 75.4 Å². The first-order valence-electron chi connectivity index (χ1n) is 21.6. The molecule has 0 saturated heterocycles. The van der Waals surface area contributed by atoms with Crippen molar-refractivity contribution in [2.24, 2.45) is 53.3 Å². The van der Waals surface area contributed by atoms with Gasteiger partial charge in [0.15, 0.2) is 0 Å². The van der Waals surface area contributed by atoms with Crippen molar-refractivity contribution in [1.82, 2.24) is 0 Å². The second kappa shape index (κ2) is 18.2. The van der Waals surface area contributed by atoms with Gasteiger partial charge in [-0.15, -0.1) is 0 Å². The summed E-state index contributed by atoms with van der Waals surface area (Å²) >= 11 is 0. The zero-order valence-corrected chi connectivity index (χ0v) is 35.4. The quantitative estimate of drug-likeness (QED) is 0.183. The normalized spacial score (nSPS) is 31.5. The molecule has 53 heavy (non-hydrogen) atoms. The summed E-state index contributed by atoms with van der Waals surface area (Å²) < 4.78 is 7.08. The van der Waals surface area contributed by atoms with Crippen LogP contribution in [-0.4, -0.2) is 17.7 Å². The molecule has 4 aliphatic rings. The standard InChI is InChI=1S/C50H74O3/c1-30(2)38-21-18-35(9)26-43(38)47-41(24-17-33(7)14-12-15-34(8)29-46(51)52)48(44-27-36(10)19-22-39(44)31(3)4)49(50-42(47)16-13-25-53-50)45-28-37(11)20-23-40(45)32(5)6/h12-17,24,29-32,35-40,43-45H,18-23,25-28H2,1-11H3,(H,51,52)/b15-12+,24-17+,33-14+,34-29+. The highest BCUT2D eigenvalue weighted by atomic mass is 16.5. The van der Waals surface area contributed by atoms with Gasteiger partial charge in [0, 0.05) is 17.2 Å². The summed E-state index contributed by atoms with van der Waals surface area (Å²) in [5.41, 5.74) is 9.64. The molecule has 0 amide bonds. The van der Waals surface area contributed by atoms with Gasteiger partial charge in [-0.25, -0.2) is 4.79 Å². The average molecular weight is 723 g/mol. The Kier molecular flexibility index (Phi) is 14.2. The fourth-order valence-corrected chi connectivity index (χ4v) is 11.3. The summed E-state index contributed by atoms with van der Waals surface area (Å²) in [6.07, 6.45) is 28.5. The van der Waals surface area contributed by atoms with Crippen LogP contribution in [0.15, 0.2) is 47.6 Å². The van der Waals surface area contributed by atoms with E-state index in [1.54, 1.807) is 16.7 Å². The van der Waals surface area contributed by atoms with Gasteiger partial charge in [-0.1, -0.05) is 124 Å². The Morgan fingerprint density at radius 3 is 1.68 bits per heavy atom. The van der Waals surface area contributed by atoms with Crippen LogP contribution in [0.1, 0.15) is 180 Å². The predicted molar refractivity (Wildman–Crippen MR) is 227 cm³/mol. The topological polar surface area (TPSA) is 46.5 Å². The van der Waals surface area contributed by atoms with E-state index in [0.29, 0.717) is 77.6 Å². The Bertz CT molecular complexity index is 1580. The summed E-state index contributed by atoms with van der Waals surface area (Å²) in [6, 6.07) is 0. The third kappa shape index (κ3) is 9.71. The third-order valence-corrected chi connectivity index (χ3v) is 14.0. The Hall–Kier alpha value is -2.81. The lowest BCUT2D eigenvalue weighted by atomic mass is 9.59. The van der Waals surface area contributed by atoms with Gasteiger partial charge >= 0.3 is 5.97 Å². The minimum atomic E-state index is -0.908. The van der Waals surface area contributed by atoms with Crippen LogP contribution in [0.4, 0.5) is 0 Å². The highest BCUT2D eigenvalue weighted by Gasteiger charge is 2.44. The minimum Gasteiger partial charge on any atom is -0.489 e. The molecule has 3 aliphatic carbocycles. The minimum absolute atomic E-state index is 0.490. The fourth-order valence-electron chi connectivity index (χ4n) is 11.3. The van der Waals surface area contributed by atoms with Crippen molar-refractivity contribution in [3.8, 4) is 5.75 Å². The molecule has 3 saturated carbocycles. The lowest BCUT2D eigenvalue weighted by molar-refractivity contribution is -0.131. The summed E-state index contributed by atoms with van der Waals surface area (Å²) in [5.74, 6) is 7.75. The van der Waals surface area contributed by atoms with E-state index >= 15 is 0 Å². The number of hydrogen-bond donors (Lipinski definition) is 1. The van der Waals surface area contributed by atoms with Gasteiger partial charge in [-0.2, -0.15) is 0 Å². The molecule has 1 N–H and O–H groups in total. The first kappa shape index (κ1) is 41.4. The molecule has 1 aliphatic heterocycles. The zero-order valence-electron chi connectivity index (χ0n) is 35.4. The number of aliphatic carboxylic acids is 1. The average Bonchev–Trinajstić information content (AvgIpc) is 3.09. The van der Waals surface area contributed by atoms with E-state index in [1.165, 1.54) is 86.3 Å². The fraction of sp³-hybridized carbons (Fsp3) is 0.660. The monoisotopic (exact) mass is 723 g/mol. The predicted octanol–water partition coefficient (Wildman–Crippen LogP) is 14.2. The molecule has 9 unspecified atom stereocenters. The van der Waals surface area contributed by atoms with Gasteiger partial charge in [-0.05, 0) is 152 Å². The Morgan fingerprint density at radius 2 is 1.19 bits per heavy atom. The molecule has 9 atom stereocenters. The van der Waals surface area contributed by atoms with Gasteiger partial charge in [0.05, 0.1) is 0 Å². The molecule has 1 aromatic carbocycles. The summed E-state index contributed by atoms with van der Waals surface area (Å²) in [4.78, 5) is 11.2. The molecule has 1 heterocycles.